The molecule has 0 bridgehead atoms. The Hall–Kier alpha value is -4.10. The number of benzene rings is 3. The Bertz CT molecular complexity index is 1410. The summed E-state index contributed by atoms with van der Waals surface area (Å²) in [5.41, 5.74) is 4.66. The fourth-order valence-corrected chi connectivity index (χ4v) is 4.11. The van der Waals surface area contributed by atoms with Gasteiger partial charge in [-0.05, 0) is 80.3 Å². The van der Waals surface area contributed by atoms with Gasteiger partial charge in [-0.25, -0.2) is 9.69 Å². The van der Waals surface area contributed by atoms with Gasteiger partial charge in [0.05, 0.1) is 17.3 Å². The number of ether oxygens (including phenoxy) is 2. The summed E-state index contributed by atoms with van der Waals surface area (Å²) in [6.45, 7) is 8.29. The van der Waals surface area contributed by atoms with E-state index in [4.69, 9.17) is 21.1 Å². The van der Waals surface area contributed by atoms with E-state index in [1.165, 1.54) is 6.08 Å². The minimum atomic E-state index is -0.803. The van der Waals surface area contributed by atoms with Gasteiger partial charge in [0.25, 0.3) is 11.8 Å². The van der Waals surface area contributed by atoms with Gasteiger partial charge in [0.1, 0.15) is 12.2 Å². The van der Waals surface area contributed by atoms with Crippen LogP contribution in [0.5, 0.6) is 11.5 Å². The summed E-state index contributed by atoms with van der Waals surface area (Å²) in [6.07, 6.45) is 1.39. The zero-order valence-corrected chi connectivity index (χ0v) is 21.8. The van der Waals surface area contributed by atoms with Crippen LogP contribution in [0.15, 0.2) is 60.2 Å². The zero-order valence-electron chi connectivity index (χ0n) is 21.1. The number of nitrogens with one attached hydrogen (secondary N) is 1. The molecule has 0 spiro atoms. The second-order valence-corrected chi connectivity index (χ2v) is 9.17. The molecule has 1 aliphatic rings. The molecule has 0 unspecified atom stereocenters. The average Bonchev–Trinajstić information content (AvgIpc) is 2.84. The standard InChI is InChI=1S/C29H27ClN2O5/c1-5-36-25-15-21(14-24(30)26(25)37-16-20-9-6-17(2)7-10-20)13-23-27(33)31-29(35)32(28(23)34)22-11-8-18(3)19(4)12-22/h6-15H,5,16H2,1-4H3,(H,31,33,35)/b23-13+. The van der Waals surface area contributed by atoms with Crippen molar-refractivity contribution in [1.82, 2.24) is 5.32 Å². The van der Waals surface area contributed by atoms with Crippen LogP contribution in [-0.2, 0) is 16.2 Å². The molecule has 4 rings (SSSR count). The largest absolute Gasteiger partial charge is 0.490 e. The van der Waals surface area contributed by atoms with Gasteiger partial charge in [-0.15, -0.1) is 0 Å². The van der Waals surface area contributed by atoms with Crippen molar-refractivity contribution in [2.24, 2.45) is 0 Å². The number of imide groups is 2. The summed E-state index contributed by atoms with van der Waals surface area (Å²) in [5.74, 6) is -0.785. The van der Waals surface area contributed by atoms with Gasteiger partial charge in [-0.3, -0.25) is 14.9 Å². The number of barbiturate groups is 1. The van der Waals surface area contributed by atoms with E-state index in [9.17, 15) is 14.4 Å². The Morgan fingerprint density at radius 1 is 0.919 bits per heavy atom. The molecule has 7 nitrogen and oxygen atoms in total. The summed E-state index contributed by atoms with van der Waals surface area (Å²) in [4.78, 5) is 39.4. The lowest BCUT2D eigenvalue weighted by Crippen LogP contribution is -2.54. The number of hydrogen-bond donors (Lipinski definition) is 1. The van der Waals surface area contributed by atoms with Crippen molar-refractivity contribution in [3.63, 3.8) is 0 Å². The van der Waals surface area contributed by atoms with Gasteiger partial charge in [-0.2, -0.15) is 0 Å². The predicted octanol–water partition coefficient (Wildman–Crippen LogP) is 5.91. The molecular formula is C29H27ClN2O5. The maximum absolute atomic E-state index is 13.3. The lowest BCUT2D eigenvalue weighted by atomic mass is 10.0. The molecule has 1 N–H and O–H groups in total. The van der Waals surface area contributed by atoms with E-state index in [0.717, 1.165) is 27.2 Å². The number of urea groups is 1. The number of rotatable bonds is 7. The third kappa shape index (κ3) is 5.67. The molecule has 0 aliphatic carbocycles. The third-order valence-electron chi connectivity index (χ3n) is 6.00. The highest BCUT2D eigenvalue weighted by atomic mass is 35.5. The highest BCUT2D eigenvalue weighted by molar-refractivity contribution is 6.39. The minimum Gasteiger partial charge on any atom is -0.490 e. The Labute approximate surface area is 220 Å². The van der Waals surface area contributed by atoms with Crippen molar-refractivity contribution < 1.29 is 23.9 Å². The maximum atomic E-state index is 13.3. The smallest absolute Gasteiger partial charge is 0.335 e. The van der Waals surface area contributed by atoms with E-state index in [2.05, 4.69) is 5.32 Å². The first-order valence-corrected chi connectivity index (χ1v) is 12.2. The number of amides is 4. The fraction of sp³-hybridized carbons (Fsp3) is 0.207. The van der Waals surface area contributed by atoms with Crippen molar-refractivity contribution in [2.45, 2.75) is 34.3 Å². The molecular weight excluding hydrogens is 492 g/mol. The predicted molar refractivity (Wildman–Crippen MR) is 143 cm³/mol. The molecule has 1 fully saturated rings. The van der Waals surface area contributed by atoms with E-state index in [0.29, 0.717) is 29.4 Å². The van der Waals surface area contributed by atoms with Crippen LogP contribution < -0.4 is 19.7 Å². The molecule has 0 aromatic heterocycles. The van der Waals surface area contributed by atoms with Gasteiger partial charge >= 0.3 is 6.03 Å². The number of anilines is 1. The number of aryl methyl sites for hydroxylation is 3. The fourth-order valence-electron chi connectivity index (χ4n) is 3.84. The minimum absolute atomic E-state index is 0.204. The Morgan fingerprint density at radius 3 is 2.32 bits per heavy atom. The molecule has 0 saturated carbocycles. The zero-order chi connectivity index (χ0) is 26.7. The van der Waals surface area contributed by atoms with Gasteiger partial charge in [0.15, 0.2) is 11.5 Å². The lowest BCUT2D eigenvalue weighted by molar-refractivity contribution is -0.122. The normalized spacial score (nSPS) is 14.7. The molecule has 8 heteroatoms. The van der Waals surface area contributed by atoms with Crippen LogP contribution in [0.3, 0.4) is 0 Å². The first kappa shape index (κ1) is 26.0. The van der Waals surface area contributed by atoms with Gasteiger partial charge in [0.2, 0.25) is 0 Å². The molecule has 1 aliphatic heterocycles. The van der Waals surface area contributed by atoms with Crippen molar-refractivity contribution in [2.75, 3.05) is 11.5 Å². The van der Waals surface area contributed by atoms with Crippen LogP contribution >= 0.6 is 11.6 Å². The third-order valence-corrected chi connectivity index (χ3v) is 6.28. The Balaban J connectivity index is 1.66. The van der Waals surface area contributed by atoms with Crippen molar-refractivity contribution >= 4 is 41.2 Å². The lowest BCUT2D eigenvalue weighted by Gasteiger charge is -2.27. The highest BCUT2D eigenvalue weighted by Gasteiger charge is 2.37. The van der Waals surface area contributed by atoms with E-state index < -0.39 is 17.8 Å². The van der Waals surface area contributed by atoms with Gasteiger partial charge < -0.3 is 9.47 Å². The number of hydrogen-bond acceptors (Lipinski definition) is 5. The molecule has 3 aromatic rings. The Kier molecular flexibility index (Phi) is 7.64. The Morgan fingerprint density at radius 2 is 1.65 bits per heavy atom. The van der Waals surface area contributed by atoms with Crippen LogP contribution in [-0.4, -0.2) is 24.5 Å². The second-order valence-electron chi connectivity index (χ2n) is 8.76. The maximum Gasteiger partial charge on any atom is 0.335 e. The summed E-state index contributed by atoms with van der Waals surface area (Å²) in [6, 6.07) is 15.6. The van der Waals surface area contributed by atoms with E-state index in [1.807, 2.05) is 58.0 Å². The number of halogens is 1. The van der Waals surface area contributed by atoms with Crippen molar-refractivity contribution in [3.05, 3.63) is 93.0 Å². The van der Waals surface area contributed by atoms with Crippen LogP contribution in [0.4, 0.5) is 10.5 Å². The highest BCUT2D eigenvalue weighted by Crippen LogP contribution is 2.38. The summed E-state index contributed by atoms with van der Waals surface area (Å²) in [5, 5.41) is 2.50. The van der Waals surface area contributed by atoms with Crippen LogP contribution in [0, 0.1) is 20.8 Å². The van der Waals surface area contributed by atoms with Gasteiger partial charge in [0, 0.05) is 0 Å². The molecule has 37 heavy (non-hydrogen) atoms. The molecule has 3 aromatic carbocycles. The summed E-state index contributed by atoms with van der Waals surface area (Å²) < 4.78 is 11.7. The average molecular weight is 519 g/mol. The second kappa shape index (κ2) is 10.9. The molecule has 1 heterocycles. The SMILES string of the molecule is CCOc1cc(/C=C2\C(=O)NC(=O)N(c3ccc(C)c(C)c3)C2=O)cc(Cl)c1OCc1ccc(C)cc1. The van der Waals surface area contributed by atoms with Crippen molar-refractivity contribution in [1.29, 1.82) is 0 Å². The molecule has 0 radical (unpaired) electrons. The molecule has 4 amide bonds. The van der Waals surface area contributed by atoms with Crippen LogP contribution in [0.1, 0.15) is 34.7 Å². The van der Waals surface area contributed by atoms with Gasteiger partial charge in [-0.1, -0.05) is 47.5 Å². The number of nitrogens with zero attached hydrogens (tertiary/aromatic N) is 1. The molecule has 190 valence electrons. The summed E-state index contributed by atoms with van der Waals surface area (Å²) >= 11 is 6.55. The van der Waals surface area contributed by atoms with Crippen molar-refractivity contribution in [3.8, 4) is 11.5 Å². The quantitative estimate of drug-likeness (QED) is 0.310. The first-order valence-electron chi connectivity index (χ1n) is 11.8. The van der Waals surface area contributed by atoms with E-state index >= 15 is 0 Å². The summed E-state index contributed by atoms with van der Waals surface area (Å²) in [7, 11) is 0. The van der Waals surface area contributed by atoms with E-state index in [1.54, 1.807) is 24.3 Å². The number of carbonyl (C=O) groups excluding carboxylic acids is 3. The van der Waals surface area contributed by atoms with Crippen LogP contribution in [0.2, 0.25) is 5.02 Å². The molecule has 0 atom stereocenters. The molecule has 1 saturated heterocycles. The van der Waals surface area contributed by atoms with Crippen LogP contribution in [0.25, 0.3) is 6.08 Å². The van der Waals surface area contributed by atoms with E-state index in [-0.39, 0.29) is 17.2 Å². The first-order chi connectivity index (χ1) is 17.7. The number of carbonyl (C=O) groups is 3. The monoisotopic (exact) mass is 518 g/mol. The topological polar surface area (TPSA) is 84.9 Å².